The Balaban J connectivity index is 1.89. The van der Waals surface area contributed by atoms with E-state index in [1.165, 1.54) is 6.07 Å². The molecule has 1 nitrogen and oxygen atoms in total. The summed E-state index contributed by atoms with van der Waals surface area (Å²) in [4.78, 5) is 0. The van der Waals surface area contributed by atoms with Crippen LogP contribution >= 0.6 is 0 Å². The normalized spacial score (nSPS) is 39.6. The second-order valence-corrected chi connectivity index (χ2v) is 4.54. The third kappa shape index (κ3) is 1.10. The summed E-state index contributed by atoms with van der Waals surface area (Å²) in [5.41, 5.74) is 1.11. The highest BCUT2D eigenvalue weighted by Crippen LogP contribution is 2.56. The van der Waals surface area contributed by atoms with Crippen LogP contribution in [-0.2, 0) is 0 Å². The Labute approximate surface area is 83.3 Å². The molecule has 1 heterocycles. The Hall–Kier alpha value is -0.890. The first-order chi connectivity index (χ1) is 6.77. The van der Waals surface area contributed by atoms with E-state index >= 15 is 0 Å². The van der Waals surface area contributed by atoms with Gasteiger partial charge in [-0.3, -0.25) is 0 Å². The highest BCUT2D eigenvalue weighted by molar-refractivity contribution is 5.26. The first kappa shape index (κ1) is 8.42. The lowest BCUT2D eigenvalue weighted by molar-refractivity contribution is 0.507. The summed E-state index contributed by atoms with van der Waals surface area (Å²) in [6.45, 7) is 3.40. The van der Waals surface area contributed by atoms with E-state index in [4.69, 9.17) is 0 Å². The van der Waals surface area contributed by atoms with Gasteiger partial charge in [0.2, 0.25) is 0 Å². The van der Waals surface area contributed by atoms with E-state index in [0.717, 1.165) is 29.9 Å². The van der Waals surface area contributed by atoms with Crippen LogP contribution in [-0.4, -0.2) is 6.54 Å². The molecule has 14 heavy (non-hydrogen) atoms. The van der Waals surface area contributed by atoms with Gasteiger partial charge in [-0.1, -0.05) is 19.1 Å². The molecule has 0 bridgehead atoms. The first-order valence-corrected chi connectivity index (χ1v) is 5.26. The van der Waals surface area contributed by atoms with Gasteiger partial charge in [-0.15, -0.1) is 0 Å². The number of halogens is 1. The molecule has 1 aromatic carbocycles. The molecule has 1 aliphatic carbocycles. The van der Waals surface area contributed by atoms with E-state index < -0.39 is 0 Å². The predicted octanol–water partition coefficient (Wildman–Crippen LogP) is 2.35. The van der Waals surface area contributed by atoms with Crippen LogP contribution in [0, 0.1) is 23.6 Å². The molecule has 2 aliphatic rings. The number of rotatable bonds is 1. The van der Waals surface area contributed by atoms with Crippen LogP contribution in [0.15, 0.2) is 24.3 Å². The zero-order chi connectivity index (χ0) is 9.71. The third-order valence-corrected chi connectivity index (χ3v) is 3.80. The number of benzene rings is 1. The van der Waals surface area contributed by atoms with Gasteiger partial charge < -0.3 is 5.32 Å². The van der Waals surface area contributed by atoms with E-state index in [9.17, 15) is 4.39 Å². The van der Waals surface area contributed by atoms with Crippen molar-refractivity contribution < 1.29 is 4.39 Å². The van der Waals surface area contributed by atoms with Crippen molar-refractivity contribution >= 4 is 0 Å². The molecule has 0 aromatic heterocycles. The van der Waals surface area contributed by atoms with E-state index in [1.54, 1.807) is 12.1 Å². The molecule has 2 heteroatoms. The van der Waals surface area contributed by atoms with Gasteiger partial charge in [-0.2, -0.15) is 0 Å². The lowest BCUT2D eigenvalue weighted by Crippen LogP contribution is -2.20. The molecule has 1 saturated heterocycles. The van der Waals surface area contributed by atoms with Gasteiger partial charge in [0.25, 0.3) is 0 Å². The number of hydrogen-bond donors (Lipinski definition) is 1. The van der Waals surface area contributed by atoms with Gasteiger partial charge in [0.1, 0.15) is 5.82 Å². The summed E-state index contributed by atoms with van der Waals surface area (Å²) >= 11 is 0. The maximum atomic E-state index is 13.0. The summed E-state index contributed by atoms with van der Waals surface area (Å²) in [6, 6.07) is 7.38. The molecule has 4 atom stereocenters. The maximum absolute atomic E-state index is 13.0. The average Bonchev–Trinajstić information content (AvgIpc) is 2.64. The van der Waals surface area contributed by atoms with Crippen LogP contribution in [0.3, 0.4) is 0 Å². The second kappa shape index (κ2) is 2.80. The van der Waals surface area contributed by atoms with Crippen LogP contribution in [0.1, 0.15) is 18.5 Å². The van der Waals surface area contributed by atoms with E-state index in [1.807, 2.05) is 6.07 Å². The van der Waals surface area contributed by atoms with Crippen LogP contribution in [0.25, 0.3) is 0 Å². The SMILES string of the molecule is CC1C2CNC(c3cccc(F)c3)C12. The van der Waals surface area contributed by atoms with Crippen LogP contribution in [0.2, 0.25) is 0 Å². The number of piperidine rings is 1. The monoisotopic (exact) mass is 191 g/mol. The molecular weight excluding hydrogens is 177 g/mol. The molecule has 0 spiro atoms. The zero-order valence-electron chi connectivity index (χ0n) is 8.20. The summed E-state index contributed by atoms with van der Waals surface area (Å²) in [6.07, 6.45) is 0. The Kier molecular flexibility index (Phi) is 1.68. The lowest BCUT2D eigenvalue weighted by atomic mass is 10.0. The Bertz CT molecular complexity index is 363. The second-order valence-electron chi connectivity index (χ2n) is 4.54. The molecule has 1 N–H and O–H groups in total. The van der Waals surface area contributed by atoms with Crippen molar-refractivity contribution in [3.05, 3.63) is 35.6 Å². The smallest absolute Gasteiger partial charge is 0.123 e. The van der Waals surface area contributed by atoms with Gasteiger partial charge in [0.05, 0.1) is 0 Å². The van der Waals surface area contributed by atoms with Crippen LogP contribution < -0.4 is 5.32 Å². The molecule has 1 saturated carbocycles. The van der Waals surface area contributed by atoms with Gasteiger partial charge in [-0.05, 0) is 42.0 Å². The number of nitrogens with one attached hydrogen (secondary N) is 1. The van der Waals surface area contributed by atoms with E-state index in [0.29, 0.717) is 6.04 Å². The number of hydrogen-bond acceptors (Lipinski definition) is 1. The van der Waals surface area contributed by atoms with Crippen molar-refractivity contribution in [2.24, 2.45) is 17.8 Å². The maximum Gasteiger partial charge on any atom is 0.123 e. The fourth-order valence-corrected chi connectivity index (χ4v) is 2.89. The highest BCUT2D eigenvalue weighted by atomic mass is 19.1. The summed E-state index contributed by atoms with van der Waals surface area (Å²) in [5, 5.41) is 3.46. The largest absolute Gasteiger partial charge is 0.309 e. The number of fused-ring (bicyclic) bond motifs is 1. The minimum atomic E-state index is -0.124. The Morgan fingerprint density at radius 3 is 2.93 bits per heavy atom. The highest BCUT2D eigenvalue weighted by Gasteiger charge is 2.55. The fourth-order valence-electron chi connectivity index (χ4n) is 2.89. The van der Waals surface area contributed by atoms with E-state index in [2.05, 4.69) is 12.2 Å². The van der Waals surface area contributed by atoms with Gasteiger partial charge in [0, 0.05) is 6.04 Å². The molecule has 4 unspecified atom stereocenters. The van der Waals surface area contributed by atoms with Crippen molar-refractivity contribution in [3.8, 4) is 0 Å². The zero-order valence-corrected chi connectivity index (χ0v) is 8.20. The van der Waals surface area contributed by atoms with Crippen molar-refractivity contribution in [3.63, 3.8) is 0 Å². The van der Waals surface area contributed by atoms with Crippen molar-refractivity contribution in [1.29, 1.82) is 0 Å². The summed E-state index contributed by atoms with van der Waals surface area (Å²) in [5.74, 6) is 2.28. The van der Waals surface area contributed by atoms with Crippen molar-refractivity contribution in [2.75, 3.05) is 6.54 Å². The van der Waals surface area contributed by atoms with Gasteiger partial charge in [-0.25, -0.2) is 4.39 Å². The molecule has 0 radical (unpaired) electrons. The molecule has 3 rings (SSSR count). The minimum Gasteiger partial charge on any atom is -0.309 e. The fraction of sp³-hybridized carbons (Fsp3) is 0.500. The molecule has 1 aromatic rings. The van der Waals surface area contributed by atoms with E-state index in [-0.39, 0.29) is 5.82 Å². The van der Waals surface area contributed by atoms with Crippen molar-refractivity contribution in [1.82, 2.24) is 5.32 Å². The average molecular weight is 191 g/mol. The molecule has 0 amide bonds. The molecule has 74 valence electrons. The summed E-state index contributed by atoms with van der Waals surface area (Å²) < 4.78 is 13.0. The van der Waals surface area contributed by atoms with Gasteiger partial charge >= 0.3 is 0 Å². The quantitative estimate of drug-likeness (QED) is 0.718. The molecular formula is C12H14FN. The first-order valence-electron chi connectivity index (χ1n) is 5.26. The lowest BCUT2D eigenvalue weighted by Gasteiger charge is -2.14. The Morgan fingerprint density at radius 2 is 2.29 bits per heavy atom. The third-order valence-electron chi connectivity index (χ3n) is 3.80. The standard InChI is InChI=1S/C12H14FN/c1-7-10-6-14-12(11(7)10)8-3-2-4-9(13)5-8/h2-5,7,10-12,14H,6H2,1H3. The summed E-state index contributed by atoms with van der Waals surface area (Å²) in [7, 11) is 0. The van der Waals surface area contributed by atoms with Crippen molar-refractivity contribution in [2.45, 2.75) is 13.0 Å². The topological polar surface area (TPSA) is 12.0 Å². The minimum absolute atomic E-state index is 0.124. The van der Waals surface area contributed by atoms with Gasteiger partial charge in [0.15, 0.2) is 0 Å². The predicted molar refractivity (Wildman–Crippen MR) is 53.3 cm³/mol. The Morgan fingerprint density at radius 1 is 1.43 bits per heavy atom. The molecule has 2 fully saturated rings. The van der Waals surface area contributed by atoms with Crippen LogP contribution in [0.5, 0.6) is 0 Å². The van der Waals surface area contributed by atoms with Crippen LogP contribution in [0.4, 0.5) is 4.39 Å². The molecule has 1 aliphatic heterocycles.